The van der Waals surface area contributed by atoms with Gasteiger partial charge in [0.25, 0.3) is 0 Å². The summed E-state index contributed by atoms with van der Waals surface area (Å²) >= 11 is 0. The first kappa shape index (κ1) is 8.63. The Hall–Kier alpha value is -0.370. The molecule has 1 atom stereocenters. The highest BCUT2D eigenvalue weighted by Gasteiger charge is 1.94. The number of aliphatic imine (C=N–C) groups is 1. The summed E-state index contributed by atoms with van der Waals surface area (Å²) in [4.78, 5) is 4.18. The standard InChI is InChI=1S/C7H15NO/c1-4-6(2)8-7(3)5-9/h7,9H,4-5H2,1-3H3. The lowest BCUT2D eigenvalue weighted by Gasteiger charge is -2.01. The van der Waals surface area contributed by atoms with Gasteiger partial charge >= 0.3 is 0 Å². The van der Waals surface area contributed by atoms with Crippen molar-refractivity contribution in [3.63, 3.8) is 0 Å². The predicted molar refractivity (Wildman–Crippen MR) is 39.9 cm³/mol. The average Bonchev–Trinajstić information content (AvgIpc) is 1.87. The Morgan fingerprint density at radius 1 is 1.67 bits per heavy atom. The van der Waals surface area contributed by atoms with E-state index in [9.17, 15) is 0 Å². The highest BCUT2D eigenvalue weighted by molar-refractivity contribution is 5.81. The topological polar surface area (TPSA) is 32.6 Å². The highest BCUT2D eigenvalue weighted by atomic mass is 16.3. The van der Waals surface area contributed by atoms with Crippen LogP contribution in [-0.2, 0) is 0 Å². The summed E-state index contributed by atoms with van der Waals surface area (Å²) in [5, 5.41) is 8.57. The van der Waals surface area contributed by atoms with Gasteiger partial charge in [-0.25, -0.2) is 0 Å². The minimum Gasteiger partial charge on any atom is -0.394 e. The Morgan fingerprint density at radius 3 is 2.56 bits per heavy atom. The van der Waals surface area contributed by atoms with Crippen molar-refractivity contribution in [1.29, 1.82) is 0 Å². The maximum absolute atomic E-state index is 8.57. The predicted octanol–water partition coefficient (Wildman–Crippen LogP) is 1.24. The molecule has 0 aromatic rings. The molecule has 0 saturated carbocycles. The second kappa shape index (κ2) is 4.50. The molecule has 0 fully saturated rings. The van der Waals surface area contributed by atoms with Gasteiger partial charge in [0.1, 0.15) is 0 Å². The molecular weight excluding hydrogens is 114 g/mol. The second-order valence-corrected chi connectivity index (χ2v) is 2.25. The minimum atomic E-state index is 0.0740. The van der Waals surface area contributed by atoms with Crippen LogP contribution < -0.4 is 0 Å². The van der Waals surface area contributed by atoms with Crippen LogP contribution in [0.1, 0.15) is 27.2 Å². The smallest absolute Gasteiger partial charge is 0.0701 e. The molecule has 0 aromatic carbocycles. The van der Waals surface area contributed by atoms with Crippen molar-refractivity contribution in [3.8, 4) is 0 Å². The van der Waals surface area contributed by atoms with Gasteiger partial charge in [0.15, 0.2) is 0 Å². The van der Waals surface area contributed by atoms with Crippen molar-refractivity contribution in [2.45, 2.75) is 33.2 Å². The Kier molecular flexibility index (Phi) is 4.32. The lowest BCUT2D eigenvalue weighted by Crippen LogP contribution is -2.06. The van der Waals surface area contributed by atoms with E-state index < -0.39 is 0 Å². The Bertz CT molecular complexity index is 99.1. The van der Waals surface area contributed by atoms with Crippen LogP contribution in [0, 0.1) is 0 Å². The van der Waals surface area contributed by atoms with Gasteiger partial charge in [0.2, 0.25) is 0 Å². The normalized spacial score (nSPS) is 15.8. The van der Waals surface area contributed by atoms with Gasteiger partial charge in [0, 0.05) is 5.71 Å². The van der Waals surface area contributed by atoms with Gasteiger partial charge in [-0.1, -0.05) is 6.92 Å². The molecule has 0 rings (SSSR count). The minimum absolute atomic E-state index is 0.0740. The fraction of sp³-hybridized carbons (Fsp3) is 0.857. The molecule has 0 aliphatic heterocycles. The van der Waals surface area contributed by atoms with E-state index >= 15 is 0 Å². The molecule has 0 radical (unpaired) electrons. The zero-order valence-electron chi connectivity index (χ0n) is 6.39. The first-order valence-electron chi connectivity index (χ1n) is 3.34. The van der Waals surface area contributed by atoms with Crippen LogP contribution in [0.3, 0.4) is 0 Å². The highest BCUT2D eigenvalue weighted by Crippen LogP contribution is 1.91. The van der Waals surface area contributed by atoms with Gasteiger partial charge in [0.05, 0.1) is 12.6 Å². The molecule has 0 amide bonds. The molecule has 0 aliphatic rings. The van der Waals surface area contributed by atoms with Gasteiger partial charge in [-0.05, 0) is 20.3 Å². The number of nitrogens with zero attached hydrogens (tertiary/aromatic N) is 1. The van der Waals surface area contributed by atoms with Crippen molar-refractivity contribution in [1.82, 2.24) is 0 Å². The molecular formula is C7H15NO. The SMILES string of the molecule is CCC(C)=NC(C)CO. The Morgan fingerprint density at radius 2 is 2.22 bits per heavy atom. The summed E-state index contributed by atoms with van der Waals surface area (Å²) in [5.74, 6) is 0. The number of rotatable bonds is 3. The van der Waals surface area contributed by atoms with E-state index in [0.29, 0.717) is 0 Å². The van der Waals surface area contributed by atoms with E-state index in [4.69, 9.17) is 5.11 Å². The zero-order valence-corrected chi connectivity index (χ0v) is 6.39. The number of aliphatic hydroxyl groups excluding tert-OH is 1. The van der Waals surface area contributed by atoms with E-state index in [0.717, 1.165) is 12.1 Å². The van der Waals surface area contributed by atoms with Gasteiger partial charge < -0.3 is 5.11 Å². The Balaban J connectivity index is 3.64. The van der Waals surface area contributed by atoms with E-state index in [1.165, 1.54) is 0 Å². The summed E-state index contributed by atoms with van der Waals surface area (Å²) in [6.45, 7) is 6.09. The summed E-state index contributed by atoms with van der Waals surface area (Å²) in [6, 6.07) is 0.0740. The second-order valence-electron chi connectivity index (χ2n) is 2.25. The van der Waals surface area contributed by atoms with E-state index in [1.54, 1.807) is 0 Å². The van der Waals surface area contributed by atoms with Crippen LogP contribution in [0.4, 0.5) is 0 Å². The number of aliphatic hydroxyl groups is 1. The van der Waals surface area contributed by atoms with Crippen LogP contribution in [-0.4, -0.2) is 23.5 Å². The zero-order chi connectivity index (χ0) is 7.28. The molecule has 1 N–H and O–H groups in total. The molecule has 2 nitrogen and oxygen atoms in total. The third kappa shape index (κ3) is 4.15. The third-order valence-corrected chi connectivity index (χ3v) is 1.22. The van der Waals surface area contributed by atoms with Gasteiger partial charge in [-0.15, -0.1) is 0 Å². The molecule has 0 bridgehead atoms. The molecule has 0 saturated heterocycles. The number of hydrogen-bond acceptors (Lipinski definition) is 2. The first-order chi connectivity index (χ1) is 4.20. The average molecular weight is 129 g/mol. The third-order valence-electron chi connectivity index (χ3n) is 1.22. The van der Waals surface area contributed by atoms with E-state index in [1.807, 2.05) is 13.8 Å². The maximum Gasteiger partial charge on any atom is 0.0701 e. The number of hydrogen-bond donors (Lipinski definition) is 1. The molecule has 1 unspecified atom stereocenters. The summed E-state index contributed by atoms with van der Waals surface area (Å²) in [6.07, 6.45) is 0.977. The van der Waals surface area contributed by atoms with Crippen LogP contribution in [0.15, 0.2) is 4.99 Å². The van der Waals surface area contributed by atoms with Crippen molar-refractivity contribution in [2.24, 2.45) is 4.99 Å². The van der Waals surface area contributed by atoms with Crippen molar-refractivity contribution in [2.75, 3.05) is 6.61 Å². The van der Waals surface area contributed by atoms with E-state index in [-0.39, 0.29) is 12.6 Å². The van der Waals surface area contributed by atoms with Gasteiger partial charge in [-0.3, -0.25) is 4.99 Å². The van der Waals surface area contributed by atoms with Crippen LogP contribution in [0.25, 0.3) is 0 Å². The van der Waals surface area contributed by atoms with Crippen molar-refractivity contribution < 1.29 is 5.11 Å². The van der Waals surface area contributed by atoms with Crippen molar-refractivity contribution in [3.05, 3.63) is 0 Å². The van der Waals surface area contributed by atoms with Crippen LogP contribution in [0.5, 0.6) is 0 Å². The molecule has 0 spiro atoms. The fourth-order valence-corrected chi connectivity index (χ4v) is 0.508. The van der Waals surface area contributed by atoms with Crippen molar-refractivity contribution >= 4 is 5.71 Å². The molecule has 0 aliphatic carbocycles. The molecule has 54 valence electrons. The molecule has 9 heavy (non-hydrogen) atoms. The van der Waals surface area contributed by atoms with Crippen LogP contribution in [0.2, 0.25) is 0 Å². The summed E-state index contributed by atoms with van der Waals surface area (Å²) in [7, 11) is 0. The lowest BCUT2D eigenvalue weighted by atomic mass is 10.3. The summed E-state index contributed by atoms with van der Waals surface area (Å²) in [5.41, 5.74) is 1.11. The maximum atomic E-state index is 8.57. The first-order valence-corrected chi connectivity index (χ1v) is 3.34. The van der Waals surface area contributed by atoms with Crippen LogP contribution >= 0.6 is 0 Å². The molecule has 0 heterocycles. The largest absolute Gasteiger partial charge is 0.394 e. The quantitative estimate of drug-likeness (QED) is 0.571. The van der Waals surface area contributed by atoms with E-state index in [2.05, 4.69) is 11.9 Å². The lowest BCUT2D eigenvalue weighted by molar-refractivity contribution is 0.274. The Labute approximate surface area is 56.6 Å². The fourth-order valence-electron chi connectivity index (χ4n) is 0.508. The monoisotopic (exact) mass is 129 g/mol. The molecule has 0 aromatic heterocycles. The summed E-state index contributed by atoms with van der Waals surface area (Å²) < 4.78 is 0. The molecule has 2 heteroatoms. The van der Waals surface area contributed by atoms with Gasteiger partial charge in [-0.2, -0.15) is 0 Å².